The fraction of sp³-hybridized carbons (Fsp3) is 0.263. The second-order valence-corrected chi connectivity index (χ2v) is 6.07. The zero-order chi connectivity index (χ0) is 16.4. The molecule has 0 N–H and O–H groups in total. The molecule has 1 aliphatic heterocycles. The summed E-state index contributed by atoms with van der Waals surface area (Å²) in [6.07, 6.45) is 1.84. The minimum absolute atomic E-state index is 0.125. The van der Waals surface area contributed by atoms with Gasteiger partial charge < -0.3 is 4.90 Å². The third-order valence-electron chi connectivity index (χ3n) is 4.48. The molecular weight excluding hydrogens is 303 g/mol. The Hall–Kier alpha value is -2.53. The Morgan fingerprint density at radius 1 is 0.875 bits per heavy atom. The van der Waals surface area contributed by atoms with Crippen molar-refractivity contribution < 1.29 is 4.39 Å². The van der Waals surface area contributed by atoms with Gasteiger partial charge in [0.15, 0.2) is 0 Å². The number of para-hydroxylation sites is 2. The summed E-state index contributed by atoms with van der Waals surface area (Å²) in [4.78, 5) is 13.7. The van der Waals surface area contributed by atoms with E-state index >= 15 is 0 Å². The first-order valence-electron chi connectivity index (χ1n) is 8.22. The van der Waals surface area contributed by atoms with Crippen LogP contribution in [0.1, 0.15) is 5.56 Å². The molecule has 3 aromatic rings. The number of hydrogen-bond acceptors (Lipinski definition) is 4. The number of rotatable bonds is 3. The minimum Gasteiger partial charge on any atom is -0.353 e. The summed E-state index contributed by atoms with van der Waals surface area (Å²) in [6, 6.07) is 14.9. The largest absolute Gasteiger partial charge is 0.353 e. The van der Waals surface area contributed by atoms with E-state index in [4.69, 9.17) is 4.98 Å². The SMILES string of the molecule is Fc1ccccc1CN1CCN(c2cnc3ccccc3n2)CC1. The number of halogens is 1. The van der Waals surface area contributed by atoms with Gasteiger partial charge in [0, 0.05) is 38.3 Å². The minimum atomic E-state index is -0.125. The van der Waals surface area contributed by atoms with E-state index in [0.29, 0.717) is 6.54 Å². The molecule has 2 heterocycles. The Bertz CT molecular complexity index is 843. The summed E-state index contributed by atoms with van der Waals surface area (Å²) < 4.78 is 13.8. The van der Waals surface area contributed by atoms with E-state index in [1.807, 2.05) is 42.6 Å². The van der Waals surface area contributed by atoms with Gasteiger partial charge in [-0.3, -0.25) is 9.88 Å². The van der Waals surface area contributed by atoms with Crippen molar-refractivity contribution in [1.82, 2.24) is 14.9 Å². The topological polar surface area (TPSA) is 32.3 Å². The first-order chi connectivity index (χ1) is 11.8. The van der Waals surface area contributed by atoms with Gasteiger partial charge in [-0.15, -0.1) is 0 Å². The second-order valence-electron chi connectivity index (χ2n) is 6.07. The monoisotopic (exact) mass is 322 g/mol. The third kappa shape index (κ3) is 3.08. The van der Waals surface area contributed by atoms with Gasteiger partial charge in [0.25, 0.3) is 0 Å². The molecule has 24 heavy (non-hydrogen) atoms. The molecule has 0 amide bonds. The van der Waals surface area contributed by atoms with E-state index in [-0.39, 0.29) is 5.82 Å². The summed E-state index contributed by atoms with van der Waals surface area (Å²) in [5, 5.41) is 0. The van der Waals surface area contributed by atoms with Gasteiger partial charge in [-0.2, -0.15) is 0 Å². The molecular formula is C19H19FN4. The fourth-order valence-electron chi connectivity index (χ4n) is 3.10. The molecule has 5 heteroatoms. The Labute approximate surface area is 140 Å². The predicted molar refractivity (Wildman–Crippen MR) is 93.4 cm³/mol. The molecule has 0 unspecified atom stereocenters. The smallest absolute Gasteiger partial charge is 0.147 e. The van der Waals surface area contributed by atoms with Crippen LogP contribution < -0.4 is 4.90 Å². The first-order valence-corrected chi connectivity index (χ1v) is 8.22. The lowest BCUT2D eigenvalue weighted by Crippen LogP contribution is -2.46. The predicted octanol–water partition coefficient (Wildman–Crippen LogP) is 3.09. The van der Waals surface area contributed by atoms with Crippen molar-refractivity contribution in [2.75, 3.05) is 31.1 Å². The van der Waals surface area contributed by atoms with E-state index in [1.165, 1.54) is 6.07 Å². The van der Waals surface area contributed by atoms with Crippen LogP contribution in [0, 0.1) is 5.82 Å². The lowest BCUT2D eigenvalue weighted by molar-refractivity contribution is 0.246. The van der Waals surface area contributed by atoms with Crippen LogP contribution in [0.15, 0.2) is 54.7 Å². The molecule has 1 fully saturated rings. The molecule has 2 aromatic carbocycles. The molecule has 1 aromatic heterocycles. The van der Waals surface area contributed by atoms with Gasteiger partial charge in [0.1, 0.15) is 11.6 Å². The van der Waals surface area contributed by atoms with Crippen LogP contribution in [0.3, 0.4) is 0 Å². The Morgan fingerprint density at radius 3 is 2.38 bits per heavy atom. The van der Waals surface area contributed by atoms with Gasteiger partial charge in [-0.1, -0.05) is 30.3 Å². The number of nitrogens with zero attached hydrogens (tertiary/aromatic N) is 4. The van der Waals surface area contributed by atoms with Crippen LogP contribution in [0.25, 0.3) is 11.0 Å². The van der Waals surface area contributed by atoms with Crippen molar-refractivity contribution in [3.63, 3.8) is 0 Å². The standard InChI is InChI=1S/C19H19FN4/c20-16-6-2-1-5-15(16)14-23-9-11-24(12-10-23)19-13-21-17-7-3-4-8-18(17)22-19/h1-8,13H,9-12,14H2. The van der Waals surface area contributed by atoms with Gasteiger partial charge in [0.05, 0.1) is 17.2 Å². The lowest BCUT2D eigenvalue weighted by Gasteiger charge is -2.35. The van der Waals surface area contributed by atoms with Crippen molar-refractivity contribution >= 4 is 16.9 Å². The van der Waals surface area contributed by atoms with Crippen molar-refractivity contribution in [2.45, 2.75) is 6.54 Å². The van der Waals surface area contributed by atoms with E-state index in [0.717, 1.165) is 48.6 Å². The third-order valence-corrected chi connectivity index (χ3v) is 4.48. The van der Waals surface area contributed by atoms with E-state index in [9.17, 15) is 4.39 Å². The number of piperazine rings is 1. The van der Waals surface area contributed by atoms with Gasteiger partial charge >= 0.3 is 0 Å². The Kier molecular flexibility index (Phi) is 4.09. The summed E-state index contributed by atoms with van der Waals surface area (Å²) >= 11 is 0. The summed E-state index contributed by atoms with van der Waals surface area (Å²) in [5.41, 5.74) is 2.60. The number of aromatic nitrogens is 2. The number of anilines is 1. The zero-order valence-electron chi connectivity index (χ0n) is 13.4. The molecule has 4 rings (SSSR count). The molecule has 1 aliphatic rings. The molecule has 0 spiro atoms. The van der Waals surface area contributed by atoms with Gasteiger partial charge in [-0.25, -0.2) is 9.37 Å². The maximum absolute atomic E-state index is 13.8. The lowest BCUT2D eigenvalue weighted by atomic mass is 10.2. The molecule has 0 bridgehead atoms. The highest BCUT2D eigenvalue weighted by molar-refractivity contribution is 5.75. The van der Waals surface area contributed by atoms with Crippen molar-refractivity contribution in [3.8, 4) is 0 Å². The van der Waals surface area contributed by atoms with Crippen molar-refractivity contribution in [2.24, 2.45) is 0 Å². The van der Waals surface area contributed by atoms with Gasteiger partial charge in [0.2, 0.25) is 0 Å². The zero-order valence-corrected chi connectivity index (χ0v) is 13.4. The van der Waals surface area contributed by atoms with Crippen LogP contribution in [0.5, 0.6) is 0 Å². The quantitative estimate of drug-likeness (QED) is 0.742. The summed E-state index contributed by atoms with van der Waals surface area (Å²) in [7, 11) is 0. The molecule has 122 valence electrons. The van der Waals surface area contributed by atoms with Crippen LogP contribution >= 0.6 is 0 Å². The van der Waals surface area contributed by atoms with E-state index in [2.05, 4.69) is 14.8 Å². The van der Waals surface area contributed by atoms with E-state index < -0.39 is 0 Å². The number of hydrogen-bond donors (Lipinski definition) is 0. The van der Waals surface area contributed by atoms with Crippen LogP contribution in [0.2, 0.25) is 0 Å². The highest BCUT2D eigenvalue weighted by Gasteiger charge is 2.19. The summed E-state index contributed by atoms with van der Waals surface area (Å²) in [5.74, 6) is 0.791. The average Bonchev–Trinajstić information content (AvgIpc) is 2.64. The average molecular weight is 322 g/mol. The maximum Gasteiger partial charge on any atom is 0.147 e. The van der Waals surface area contributed by atoms with Crippen LogP contribution in [-0.4, -0.2) is 41.0 Å². The Balaban J connectivity index is 1.42. The summed E-state index contributed by atoms with van der Waals surface area (Å²) in [6.45, 7) is 4.19. The second kappa shape index (κ2) is 6.53. The highest BCUT2D eigenvalue weighted by Crippen LogP contribution is 2.18. The normalized spacial score (nSPS) is 15.8. The van der Waals surface area contributed by atoms with Crippen LogP contribution in [0.4, 0.5) is 10.2 Å². The van der Waals surface area contributed by atoms with Crippen molar-refractivity contribution in [1.29, 1.82) is 0 Å². The van der Waals surface area contributed by atoms with Crippen LogP contribution in [-0.2, 0) is 6.54 Å². The number of fused-ring (bicyclic) bond motifs is 1. The highest BCUT2D eigenvalue weighted by atomic mass is 19.1. The number of benzene rings is 2. The molecule has 0 saturated carbocycles. The first kappa shape index (κ1) is 15.0. The molecule has 1 saturated heterocycles. The Morgan fingerprint density at radius 2 is 1.58 bits per heavy atom. The molecule has 0 aliphatic carbocycles. The maximum atomic E-state index is 13.8. The fourth-order valence-corrected chi connectivity index (χ4v) is 3.10. The van der Waals surface area contributed by atoms with E-state index in [1.54, 1.807) is 6.07 Å². The molecule has 0 radical (unpaired) electrons. The molecule has 4 nitrogen and oxygen atoms in total. The molecule has 0 atom stereocenters. The van der Waals surface area contributed by atoms with Crippen molar-refractivity contribution in [3.05, 3.63) is 66.1 Å². The van der Waals surface area contributed by atoms with Gasteiger partial charge in [-0.05, 0) is 18.2 Å².